The lowest BCUT2D eigenvalue weighted by Crippen LogP contribution is -2.38. The number of anilines is 1. The van der Waals surface area contributed by atoms with Gasteiger partial charge in [0, 0.05) is 5.69 Å². The molecule has 0 spiro atoms. The zero-order valence-corrected chi connectivity index (χ0v) is 14.7. The van der Waals surface area contributed by atoms with Gasteiger partial charge in [0.15, 0.2) is 11.5 Å². The Kier molecular flexibility index (Phi) is 5.43. The van der Waals surface area contributed by atoms with Gasteiger partial charge in [-0.05, 0) is 36.2 Å². The first-order valence-electron chi connectivity index (χ1n) is 8.70. The summed E-state index contributed by atoms with van der Waals surface area (Å²) in [6.07, 6.45) is 3.04. The molecule has 0 fully saturated rings. The number of hydrogen-bond donors (Lipinski definition) is 2. The van der Waals surface area contributed by atoms with Crippen LogP contribution in [0.4, 0.5) is 5.69 Å². The lowest BCUT2D eigenvalue weighted by atomic mass is 10.1. The molecule has 25 heavy (non-hydrogen) atoms. The number of fused-ring (bicyclic) bond motifs is 1. The minimum Gasteiger partial charge on any atom is -0.493 e. The monoisotopic (exact) mass is 340 g/mol. The maximum absolute atomic E-state index is 12.3. The van der Waals surface area contributed by atoms with Crippen LogP contribution in [0.2, 0.25) is 0 Å². The van der Waals surface area contributed by atoms with Gasteiger partial charge in [0.2, 0.25) is 0 Å². The standard InChI is InChI=1S/C20H24N2O3/c1-3-4-7-12-25-17-11-10-14(13-18(17)24-2)19-21-16-9-6-5-8-15(16)20(23)22-19/h5-6,8-11,13,19,21H,3-4,7,12H2,1-2H3,(H,22,23). The van der Waals surface area contributed by atoms with Gasteiger partial charge in [-0.1, -0.05) is 38.0 Å². The lowest BCUT2D eigenvalue weighted by molar-refractivity contribution is 0.0935. The Morgan fingerprint density at radius 2 is 1.88 bits per heavy atom. The van der Waals surface area contributed by atoms with Crippen LogP contribution in [0.1, 0.15) is 48.3 Å². The van der Waals surface area contributed by atoms with Gasteiger partial charge in [-0.2, -0.15) is 0 Å². The molecule has 3 rings (SSSR count). The molecule has 0 bridgehead atoms. The van der Waals surface area contributed by atoms with Crippen molar-refractivity contribution in [3.05, 3.63) is 53.6 Å². The van der Waals surface area contributed by atoms with Gasteiger partial charge in [-0.3, -0.25) is 4.79 Å². The normalized spacial score (nSPS) is 15.8. The molecule has 0 aliphatic carbocycles. The highest BCUT2D eigenvalue weighted by Gasteiger charge is 2.24. The number of unbranched alkanes of at least 4 members (excludes halogenated alkanes) is 2. The topological polar surface area (TPSA) is 59.6 Å². The highest BCUT2D eigenvalue weighted by atomic mass is 16.5. The highest BCUT2D eigenvalue weighted by Crippen LogP contribution is 2.33. The fourth-order valence-corrected chi connectivity index (χ4v) is 2.89. The molecule has 0 saturated heterocycles. The second-order valence-electron chi connectivity index (χ2n) is 6.06. The Balaban J connectivity index is 1.76. The number of carbonyl (C=O) groups is 1. The second kappa shape index (κ2) is 7.92. The van der Waals surface area contributed by atoms with Crippen molar-refractivity contribution in [1.82, 2.24) is 5.32 Å². The van der Waals surface area contributed by atoms with E-state index in [1.165, 1.54) is 0 Å². The van der Waals surface area contributed by atoms with Gasteiger partial charge >= 0.3 is 0 Å². The zero-order chi connectivity index (χ0) is 17.6. The summed E-state index contributed by atoms with van der Waals surface area (Å²) in [6.45, 7) is 2.84. The van der Waals surface area contributed by atoms with Gasteiger partial charge in [-0.15, -0.1) is 0 Å². The van der Waals surface area contributed by atoms with Crippen LogP contribution in [-0.2, 0) is 0 Å². The number of ether oxygens (including phenoxy) is 2. The van der Waals surface area contributed by atoms with E-state index in [9.17, 15) is 4.79 Å². The zero-order valence-electron chi connectivity index (χ0n) is 14.7. The van der Waals surface area contributed by atoms with E-state index in [2.05, 4.69) is 17.6 Å². The van der Waals surface area contributed by atoms with Crippen LogP contribution in [0.5, 0.6) is 11.5 Å². The van der Waals surface area contributed by atoms with Gasteiger partial charge < -0.3 is 20.1 Å². The molecule has 1 unspecified atom stereocenters. The summed E-state index contributed by atoms with van der Waals surface area (Å²) in [5, 5.41) is 6.32. The van der Waals surface area contributed by atoms with E-state index in [-0.39, 0.29) is 12.1 Å². The van der Waals surface area contributed by atoms with Crippen LogP contribution in [0.15, 0.2) is 42.5 Å². The molecule has 1 atom stereocenters. The molecule has 2 aromatic rings. The smallest absolute Gasteiger partial charge is 0.255 e. The first-order chi connectivity index (χ1) is 12.2. The molecule has 2 N–H and O–H groups in total. The first-order valence-corrected chi connectivity index (χ1v) is 8.70. The molecule has 5 heteroatoms. The molecular weight excluding hydrogens is 316 g/mol. The van der Waals surface area contributed by atoms with Gasteiger partial charge in [0.25, 0.3) is 5.91 Å². The molecule has 0 radical (unpaired) electrons. The fraction of sp³-hybridized carbons (Fsp3) is 0.350. The van der Waals surface area contributed by atoms with Crippen molar-refractivity contribution in [2.24, 2.45) is 0 Å². The third kappa shape index (κ3) is 3.87. The highest BCUT2D eigenvalue weighted by molar-refractivity contribution is 6.01. The number of para-hydroxylation sites is 1. The quantitative estimate of drug-likeness (QED) is 0.745. The largest absolute Gasteiger partial charge is 0.493 e. The van der Waals surface area contributed by atoms with E-state index >= 15 is 0 Å². The van der Waals surface area contributed by atoms with E-state index < -0.39 is 0 Å². The number of carbonyl (C=O) groups excluding carboxylic acids is 1. The molecule has 1 amide bonds. The van der Waals surface area contributed by atoms with Crippen molar-refractivity contribution < 1.29 is 14.3 Å². The second-order valence-corrected chi connectivity index (χ2v) is 6.06. The molecule has 2 aromatic carbocycles. The molecule has 0 aromatic heterocycles. The van der Waals surface area contributed by atoms with Crippen LogP contribution >= 0.6 is 0 Å². The van der Waals surface area contributed by atoms with Crippen molar-refractivity contribution in [3.8, 4) is 11.5 Å². The summed E-state index contributed by atoms with van der Waals surface area (Å²) in [4.78, 5) is 12.3. The van der Waals surface area contributed by atoms with E-state index in [4.69, 9.17) is 9.47 Å². The van der Waals surface area contributed by atoms with Gasteiger partial charge in [-0.25, -0.2) is 0 Å². The van der Waals surface area contributed by atoms with Crippen molar-refractivity contribution in [2.75, 3.05) is 19.0 Å². The van der Waals surface area contributed by atoms with E-state index in [1.807, 2.05) is 42.5 Å². The van der Waals surface area contributed by atoms with Crippen molar-refractivity contribution >= 4 is 11.6 Å². The molecule has 132 valence electrons. The SMILES string of the molecule is CCCCCOc1ccc(C2NC(=O)c3ccccc3N2)cc1OC. The summed E-state index contributed by atoms with van der Waals surface area (Å²) in [5.74, 6) is 1.31. The summed E-state index contributed by atoms with van der Waals surface area (Å²) >= 11 is 0. The van der Waals surface area contributed by atoms with Crippen LogP contribution in [0.25, 0.3) is 0 Å². The number of hydrogen-bond acceptors (Lipinski definition) is 4. The summed E-state index contributed by atoms with van der Waals surface area (Å²) in [5.41, 5.74) is 2.40. The molecular formula is C20H24N2O3. The van der Waals surface area contributed by atoms with E-state index in [1.54, 1.807) is 7.11 Å². The molecule has 5 nitrogen and oxygen atoms in total. The van der Waals surface area contributed by atoms with Crippen LogP contribution in [0, 0.1) is 0 Å². The third-order valence-electron chi connectivity index (χ3n) is 4.27. The molecule has 1 aliphatic rings. The molecule has 1 aliphatic heterocycles. The van der Waals surface area contributed by atoms with Crippen LogP contribution < -0.4 is 20.1 Å². The predicted molar refractivity (Wildman–Crippen MR) is 98.3 cm³/mol. The number of amides is 1. The average Bonchev–Trinajstić information content (AvgIpc) is 2.65. The summed E-state index contributed by atoms with van der Waals surface area (Å²) < 4.78 is 11.3. The minimum absolute atomic E-state index is 0.0850. The van der Waals surface area contributed by atoms with Gasteiger partial charge in [0.05, 0.1) is 19.3 Å². The Morgan fingerprint density at radius 3 is 2.68 bits per heavy atom. The fourth-order valence-electron chi connectivity index (χ4n) is 2.89. The maximum atomic E-state index is 12.3. The van der Waals surface area contributed by atoms with Gasteiger partial charge in [0.1, 0.15) is 6.17 Å². The van der Waals surface area contributed by atoms with E-state index in [0.717, 1.165) is 36.3 Å². The lowest BCUT2D eigenvalue weighted by Gasteiger charge is -2.28. The Bertz CT molecular complexity index is 745. The summed E-state index contributed by atoms with van der Waals surface area (Å²) in [6, 6.07) is 13.2. The number of rotatable bonds is 7. The van der Waals surface area contributed by atoms with E-state index in [0.29, 0.717) is 17.9 Å². The average molecular weight is 340 g/mol. The van der Waals surface area contributed by atoms with Crippen molar-refractivity contribution in [1.29, 1.82) is 0 Å². The van der Waals surface area contributed by atoms with Crippen LogP contribution in [0.3, 0.4) is 0 Å². The first kappa shape index (κ1) is 17.1. The predicted octanol–water partition coefficient (Wildman–Crippen LogP) is 4.12. The minimum atomic E-state index is -0.301. The Hall–Kier alpha value is -2.69. The summed E-state index contributed by atoms with van der Waals surface area (Å²) in [7, 11) is 1.63. The van der Waals surface area contributed by atoms with Crippen molar-refractivity contribution in [3.63, 3.8) is 0 Å². The van der Waals surface area contributed by atoms with Crippen molar-refractivity contribution in [2.45, 2.75) is 32.4 Å². The maximum Gasteiger partial charge on any atom is 0.255 e. The molecule has 0 saturated carbocycles. The Labute approximate surface area is 148 Å². The van der Waals surface area contributed by atoms with Crippen LogP contribution in [-0.4, -0.2) is 19.6 Å². The number of benzene rings is 2. The number of methoxy groups -OCH3 is 1. The molecule has 1 heterocycles. The number of nitrogens with one attached hydrogen (secondary N) is 2. The Morgan fingerprint density at radius 1 is 1.04 bits per heavy atom. The third-order valence-corrected chi connectivity index (χ3v) is 4.27.